The molecule has 84 valence electrons. The lowest BCUT2D eigenvalue weighted by molar-refractivity contribution is 0.702. The van der Waals surface area contributed by atoms with Gasteiger partial charge in [0, 0.05) is 14.1 Å². The van der Waals surface area contributed by atoms with Crippen molar-refractivity contribution in [3.8, 4) is 0 Å². The standard InChI is InChI=1S/C10H12N4O2/c1-5-6(2)12-8-7(11-5)9(15)14(4)10(16)13(8)3/h1-4H3. The normalized spacial score (nSPS) is 11.0. The molecule has 0 saturated heterocycles. The molecule has 0 radical (unpaired) electrons. The first-order valence-corrected chi connectivity index (χ1v) is 4.84. The Morgan fingerprint density at radius 2 is 1.50 bits per heavy atom. The van der Waals surface area contributed by atoms with E-state index < -0.39 is 11.2 Å². The van der Waals surface area contributed by atoms with Crippen molar-refractivity contribution in [3.63, 3.8) is 0 Å². The Morgan fingerprint density at radius 1 is 0.938 bits per heavy atom. The number of hydrogen-bond acceptors (Lipinski definition) is 4. The third-order valence-electron chi connectivity index (χ3n) is 2.69. The minimum Gasteiger partial charge on any atom is -0.279 e. The van der Waals surface area contributed by atoms with Crippen LogP contribution in [0.15, 0.2) is 9.59 Å². The molecule has 0 spiro atoms. The van der Waals surface area contributed by atoms with Gasteiger partial charge in [0.05, 0.1) is 11.4 Å². The van der Waals surface area contributed by atoms with Crippen LogP contribution in [0.1, 0.15) is 11.4 Å². The summed E-state index contributed by atoms with van der Waals surface area (Å²) in [6, 6.07) is 0. The first kappa shape index (κ1) is 10.5. The molecule has 0 aliphatic heterocycles. The zero-order valence-corrected chi connectivity index (χ0v) is 9.61. The summed E-state index contributed by atoms with van der Waals surface area (Å²) in [4.78, 5) is 31.9. The molecule has 0 bridgehead atoms. The molecule has 2 heterocycles. The second-order valence-corrected chi connectivity index (χ2v) is 3.77. The molecule has 0 atom stereocenters. The van der Waals surface area contributed by atoms with E-state index in [4.69, 9.17) is 0 Å². The quantitative estimate of drug-likeness (QED) is 0.608. The van der Waals surface area contributed by atoms with Crippen LogP contribution in [0, 0.1) is 13.8 Å². The molecule has 0 amide bonds. The highest BCUT2D eigenvalue weighted by Crippen LogP contribution is 2.05. The summed E-state index contributed by atoms with van der Waals surface area (Å²) in [5.74, 6) is 0. The predicted molar refractivity (Wildman–Crippen MR) is 59.5 cm³/mol. The van der Waals surface area contributed by atoms with Crippen LogP contribution in [0.2, 0.25) is 0 Å². The molecular weight excluding hydrogens is 208 g/mol. The Morgan fingerprint density at radius 3 is 2.12 bits per heavy atom. The average molecular weight is 220 g/mol. The molecule has 0 fully saturated rings. The largest absolute Gasteiger partial charge is 0.332 e. The van der Waals surface area contributed by atoms with Gasteiger partial charge in [0.1, 0.15) is 0 Å². The molecule has 6 nitrogen and oxygen atoms in total. The van der Waals surface area contributed by atoms with Gasteiger partial charge in [-0.15, -0.1) is 0 Å². The van der Waals surface area contributed by atoms with E-state index in [9.17, 15) is 9.59 Å². The van der Waals surface area contributed by atoms with E-state index in [0.717, 1.165) is 10.3 Å². The molecule has 0 unspecified atom stereocenters. The molecule has 2 aromatic heterocycles. The predicted octanol–water partition coefficient (Wildman–Crippen LogP) is -0.356. The van der Waals surface area contributed by atoms with Crippen molar-refractivity contribution < 1.29 is 0 Å². The van der Waals surface area contributed by atoms with Gasteiger partial charge in [0.25, 0.3) is 5.56 Å². The first-order chi connectivity index (χ1) is 7.43. The van der Waals surface area contributed by atoms with E-state index in [2.05, 4.69) is 9.97 Å². The van der Waals surface area contributed by atoms with E-state index in [1.54, 1.807) is 20.9 Å². The number of hydrogen-bond donors (Lipinski definition) is 0. The van der Waals surface area contributed by atoms with Crippen molar-refractivity contribution in [2.24, 2.45) is 14.1 Å². The second kappa shape index (κ2) is 3.26. The third-order valence-corrected chi connectivity index (χ3v) is 2.69. The molecule has 0 aromatic carbocycles. The minimum atomic E-state index is -0.409. The molecule has 0 saturated carbocycles. The monoisotopic (exact) mass is 220 g/mol. The number of aryl methyl sites for hydroxylation is 3. The maximum Gasteiger partial charge on any atom is 0.332 e. The molecule has 6 heteroatoms. The van der Waals surface area contributed by atoms with Crippen molar-refractivity contribution in [2.75, 3.05) is 0 Å². The van der Waals surface area contributed by atoms with Gasteiger partial charge < -0.3 is 0 Å². The van der Waals surface area contributed by atoms with Gasteiger partial charge >= 0.3 is 5.69 Å². The fourth-order valence-corrected chi connectivity index (χ4v) is 1.53. The zero-order chi connectivity index (χ0) is 12.0. The summed E-state index contributed by atoms with van der Waals surface area (Å²) in [5, 5.41) is 0. The molecular formula is C10H12N4O2. The highest BCUT2D eigenvalue weighted by Gasteiger charge is 2.11. The fraction of sp³-hybridized carbons (Fsp3) is 0.400. The van der Waals surface area contributed by atoms with Gasteiger partial charge in [0.15, 0.2) is 11.2 Å². The lowest BCUT2D eigenvalue weighted by Crippen LogP contribution is -2.38. The number of fused-ring (bicyclic) bond motifs is 1. The smallest absolute Gasteiger partial charge is 0.279 e. The van der Waals surface area contributed by atoms with Crippen LogP contribution in [-0.2, 0) is 14.1 Å². The lowest BCUT2D eigenvalue weighted by Gasteiger charge is -2.07. The van der Waals surface area contributed by atoms with Crippen LogP contribution in [-0.4, -0.2) is 19.1 Å². The van der Waals surface area contributed by atoms with Crippen molar-refractivity contribution in [3.05, 3.63) is 32.2 Å². The molecule has 0 aliphatic carbocycles. The summed E-state index contributed by atoms with van der Waals surface area (Å²) in [7, 11) is 3.01. The van der Waals surface area contributed by atoms with Gasteiger partial charge in [-0.1, -0.05) is 0 Å². The van der Waals surface area contributed by atoms with E-state index in [1.165, 1.54) is 11.6 Å². The van der Waals surface area contributed by atoms with Crippen LogP contribution < -0.4 is 11.2 Å². The minimum absolute atomic E-state index is 0.229. The van der Waals surface area contributed by atoms with Gasteiger partial charge in [-0.3, -0.25) is 13.9 Å². The maximum absolute atomic E-state index is 11.8. The Balaban J connectivity index is 3.16. The van der Waals surface area contributed by atoms with Crippen molar-refractivity contribution >= 4 is 11.2 Å². The van der Waals surface area contributed by atoms with Crippen molar-refractivity contribution in [1.82, 2.24) is 19.1 Å². The van der Waals surface area contributed by atoms with E-state index >= 15 is 0 Å². The van der Waals surface area contributed by atoms with Crippen LogP contribution in [0.25, 0.3) is 11.2 Å². The van der Waals surface area contributed by atoms with Crippen LogP contribution in [0.4, 0.5) is 0 Å². The van der Waals surface area contributed by atoms with Crippen LogP contribution in [0.3, 0.4) is 0 Å². The number of rotatable bonds is 0. The topological polar surface area (TPSA) is 69.8 Å². The van der Waals surface area contributed by atoms with E-state index in [1.807, 2.05) is 0 Å². The molecule has 0 N–H and O–H groups in total. The number of nitrogens with zero attached hydrogens (tertiary/aromatic N) is 4. The van der Waals surface area contributed by atoms with Crippen molar-refractivity contribution in [2.45, 2.75) is 13.8 Å². The van der Waals surface area contributed by atoms with Crippen molar-refractivity contribution in [1.29, 1.82) is 0 Å². The Labute approximate surface area is 91.2 Å². The highest BCUT2D eigenvalue weighted by atomic mass is 16.2. The lowest BCUT2D eigenvalue weighted by atomic mass is 10.3. The second-order valence-electron chi connectivity index (χ2n) is 3.77. The fourth-order valence-electron chi connectivity index (χ4n) is 1.53. The molecule has 16 heavy (non-hydrogen) atoms. The highest BCUT2D eigenvalue weighted by molar-refractivity contribution is 5.69. The maximum atomic E-state index is 11.8. The Hall–Kier alpha value is -1.98. The third kappa shape index (κ3) is 1.26. The van der Waals surface area contributed by atoms with Gasteiger partial charge in [0.2, 0.25) is 0 Å². The molecule has 2 rings (SSSR count). The Bertz CT molecular complexity index is 697. The summed E-state index contributed by atoms with van der Waals surface area (Å²) < 4.78 is 2.36. The van der Waals surface area contributed by atoms with Gasteiger partial charge in [-0.25, -0.2) is 14.8 Å². The first-order valence-electron chi connectivity index (χ1n) is 4.84. The van der Waals surface area contributed by atoms with Crippen LogP contribution in [0.5, 0.6) is 0 Å². The summed E-state index contributed by atoms with van der Waals surface area (Å²) in [6.45, 7) is 3.58. The summed E-state index contributed by atoms with van der Waals surface area (Å²) in [6.07, 6.45) is 0. The summed E-state index contributed by atoms with van der Waals surface area (Å²) >= 11 is 0. The SMILES string of the molecule is Cc1nc2c(=O)n(C)c(=O)n(C)c2nc1C. The average Bonchev–Trinajstić information content (AvgIpc) is 2.26. The van der Waals surface area contributed by atoms with Gasteiger partial charge in [-0.05, 0) is 13.8 Å². The van der Waals surface area contributed by atoms with Crippen LogP contribution >= 0.6 is 0 Å². The molecule has 2 aromatic rings. The Kier molecular flexibility index (Phi) is 2.15. The summed E-state index contributed by atoms with van der Waals surface area (Å²) in [5.41, 5.74) is 1.17. The zero-order valence-electron chi connectivity index (χ0n) is 9.61. The van der Waals surface area contributed by atoms with E-state index in [-0.39, 0.29) is 5.52 Å². The number of aromatic nitrogens is 4. The van der Waals surface area contributed by atoms with E-state index in [0.29, 0.717) is 11.3 Å². The molecule has 0 aliphatic rings. The van der Waals surface area contributed by atoms with Gasteiger partial charge in [-0.2, -0.15) is 0 Å².